The number of nitrogens with one attached hydrogen (secondary N) is 1. The zero-order valence-electron chi connectivity index (χ0n) is 13.4. The quantitative estimate of drug-likeness (QED) is 0.714. The summed E-state index contributed by atoms with van der Waals surface area (Å²) in [4.78, 5) is 16.8. The van der Waals surface area contributed by atoms with Gasteiger partial charge in [-0.15, -0.1) is 0 Å². The molecule has 3 aromatic heterocycles. The molecular weight excluding hydrogens is 322 g/mol. The molecule has 0 saturated carbocycles. The lowest BCUT2D eigenvalue weighted by atomic mass is 10.0. The van der Waals surface area contributed by atoms with Gasteiger partial charge in [0.2, 0.25) is 5.91 Å². The van der Waals surface area contributed by atoms with Crippen LogP contribution in [0.5, 0.6) is 0 Å². The van der Waals surface area contributed by atoms with Crippen LogP contribution < -0.4 is 5.32 Å². The molecule has 3 aromatic rings. The van der Waals surface area contributed by atoms with Gasteiger partial charge in [-0.05, 0) is 47.4 Å². The average molecular weight is 341 g/mol. The Bertz CT molecular complexity index is 769. The number of nitrogens with zero attached hydrogens (tertiary/aromatic N) is 2. The van der Waals surface area contributed by atoms with Crippen LogP contribution in [0.4, 0.5) is 0 Å². The number of aryl methyl sites for hydroxylation is 2. The highest BCUT2D eigenvalue weighted by Crippen LogP contribution is 2.21. The second-order valence-corrected chi connectivity index (χ2v) is 6.42. The van der Waals surface area contributed by atoms with E-state index in [0.29, 0.717) is 18.6 Å². The van der Waals surface area contributed by atoms with Crippen LogP contribution in [-0.2, 0) is 17.6 Å². The Labute approximate surface area is 144 Å². The summed E-state index contributed by atoms with van der Waals surface area (Å²) in [6.07, 6.45) is 4.99. The van der Waals surface area contributed by atoms with Crippen molar-refractivity contribution >= 4 is 17.2 Å². The van der Waals surface area contributed by atoms with Crippen molar-refractivity contribution in [2.45, 2.75) is 32.2 Å². The lowest BCUT2D eigenvalue weighted by molar-refractivity contribution is -0.121. The normalized spacial score (nSPS) is 12.0. The predicted octanol–water partition coefficient (Wildman–Crippen LogP) is 3.47. The Morgan fingerprint density at radius 1 is 1.33 bits per heavy atom. The van der Waals surface area contributed by atoms with E-state index in [1.807, 2.05) is 24.4 Å². The van der Waals surface area contributed by atoms with Gasteiger partial charge in [0.15, 0.2) is 0 Å². The molecule has 1 unspecified atom stereocenters. The van der Waals surface area contributed by atoms with Crippen LogP contribution in [-0.4, -0.2) is 16.0 Å². The number of carbonyl (C=O) groups is 1. The fourth-order valence-corrected chi connectivity index (χ4v) is 3.28. The third-order valence-corrected chi connectivity index (χ3v) is 4.56. The monoisotopic (exact) mass is 341 g/mol. The minimum atomic E-state index is -0.136. The first-order chi connectivity index (χ1) is 11.7. The first-order valence-electron chi connectivity index (χ1n) is 7.84. The number of carbonyl (C=O) groups excluding carboxylic acids is 1. The number of thiophene rings is 1. The van der Waals surface area contributed by atoms with Crippen LogP contribution in [0.3, 0.4) is 0 Å². The molecule has 0 fully saturated rings. The van der Waals surface area contributed by atoms with Gasteiger partial charge in [0, 0.05) is 25.1 Å². The summed E-state index contributed by atoms with van der Waals surface area (Å²) in [5, 5.41) is 10.9. The summed E-state index contributed by atoms with van der Waals surface area (Å²) in [7, 11) is 0. The van der Waals surface area contributed by atoms with Crippen molar-refractivity contribution in [3.63, 3.8) is 0 Å². The smallest absolute Gasteiger partial charge is 0.220 e. The second-order valence-electron chi connectivity index (χ2n) is 5.64. The van der Waals surface area contributed by atoms with Crippen LogP contribution >= 0.6 is 11.3 Å². The average Bonchev–Trinajstić information content (AvgIpc) is 3.26. The van der Waals surface area contributed by atoms with Crippen molar-refractivity contribution in [3.05, 3.63) is 70.0 Å². The molecule has 124 valence electrons. The summed E-state index contributed by atoms with van der Waals surface area (Å²) < 4.78 is 5.04. The highest BCUT2D eigenvalue weighted by molar-refractivity contribution is 7.07. The Hall–Kier alpha value is -2.47. The van der Waals surface area contributed by atoms with E-state index < -0.39 is 0 Å². The molecular formula is C18H19N3O2S. The molecule has 6 heteroatoms. The summed E-state index contributed by atoms with van der Waals surface area (Å²) in [5.74, 6) is 0.699. The van der Waals surface area contributed by atoms with E-state index in [1.54, 1.807) is 29.8 Å². The number of rotatable bonds is 7. The van der Waals surface area contributed by atoms with Crippen molar-refractivity contribution in [1.82, 2.24) is 15.5 Å². The standard InChI is InChI=1S/C18H19N3O2S/c1-13-3-2-8-19-18(13)16(11-14-7-10-24-12-14)21-17(22)5-4-15-6-9-20-23-15/h2-3,6-10,12,16H,4-5,11H2,1H3,(H,21,22). The number of pyridine rings is 1. The van der Waals surface area contributed by atoms with Gasteiger partial charge in [-0.25, -0.2) is 0 Å². The van der Waals surface area contributed by atoms with Gasteiger partial charge in [-0.2, -0.15) is 11.3 Å². The summed E-state index contributed by atoms with van der Waals surface area (Å²) >= 11 is 1.66. The molecule has 0 aliphatic carbocycles. The maximum absolute atomic E-state index is 12.4. The van der Waals surface area contributed by atoms with Crippen molar-refractivity contribution in [3.8, 4) is 0 Å². The topological polar surface area (TPSA) is 68.0 Å². The number of hydrogen-bond donors (Lipinski definition) is 1. The third kappa shape index (κ3) is 4.29. The molecule has 0 bridgehead atoms. The number of hydrogen-bond acceptors (Lipinski definition) is 5. The zero-order chi connectivity index (χ0) is 16.8. The predicted molar refractivity (Wildman–Crippen MR) is 92.7 cm³/mol. The Morgan fingerprint density at radius 2 is 2.25 bits per heavy atom. The van der Waals surface area contributed by atoms with Crippen molar-refractivity contribution in [2.24, 2.45) is 0 Å². The van der Waals surface area contributed by atoms with Crippen LogP contribution in [0.25, 0.3) is 0 Å². The van der Waals surface area contributed by atoms with Gasteiger partial charge in [0.05, 0.1) is 17.9 Å². The molecule has 1 atom stereocenters. The molecule has 0 saturated heterocycles. The van der Waals surface area contributed by atoms with E-state index in [-0.39, 0.29) is 11.9 Å². The molecule has 3 rings (SSSR count). The maximum atomic E-state index is 12.4. The Balaban J connectivity index is 1.69. The van der Waals surface area contributed by atoms with Crippen LogP contribution in [0, 0.1) is 6.92 Å². The van der Waals surface area contributed by atoms with E-state index in [9.17, 15) is 4.79 Å². The van der Waals surface area contributed by atoms with Gasteiger partial charge >= 0.3 is 0 Å². The van der Waals surface area contributed by atoms with Gasteiger partial charge in [-0.3, -0.25) is 9.78 Å². The van der Waals surface area contributed by atoms with Crippen molar-refractivity contribution in [1.29, 1.82) is 0 Å². The number of aromatic nitrogens is 2. The minimum Gasteiger partial charge on any atom is -0.361 e. The first-order valence-corrected chi connectivity index (χ1v) is 8.78. The van der Waals surface area contributed by atoms with Crippen molar-refractivity contribution in [2.75, 3.05) is 0 Å². The molecule has 24 heavy (non-hydrogen) atoms. The maximum Gasteiger partial charge on any atom is 0.220 e. The van der Waals surface area contributed by atoms with Crippen molar-refractivity contribution < 1.29 is 9.32 Å². The van der Waals surface area contributed by atoms with Gasteiger partial charge in [0.1, 0.15) is 5.76 Å². The molecule has 0 radical (unpaired) electrons. The summed E-state index contributed by atoms with van der Waals surface area (Å²) in [6, 6.07) is 7.65. The van der Waals surface area contributed by atoms with Crippen LogP contribution in [0.2, 0.25) is 0 Å². The van der Waals surface area contributed by atoms with E-state index in [0.717, 1.165) is 17.7 Å². The molecule has 1 N–H and O–H groups in total. The van der Waals surface area contributed by atoms with E-state index >= 15 is 0 Å². The van der Waals surface area contributed by atoms with Gasteiger partial charge in [0.25, 0.3) is 0 Å². The second kappa shape index (κ2) is 7.88. The van der Waals surface area contributed by atoms with Gasteiger partial charge < -0.3 is 9.84 Å². The van der Waals surface area contributed by atoms with E-state index in [2.05, 4.69) is 26.9 Å². The third-order valence-electron chi connectivity index (χ3n) is 3.82. The molecule has 5 nitrogen and oxygen atoms in total. The summed E-state index contributed by atoms with van der Waals surface area (Å²) in [5.41, 5.74) is 3.19. The number of amides is 1. The first kappa shape index (κ1) is 16.4. The Kier molecular flexibility index (Phi) is 5.38. The highest BCUT2D eigenvalue weighted by atomic mass is 32.1. The van der Waals surface area contributed by atoms with Crippen LogP contribution in [0.15, 0.2) is 51.9 Å². The zero-order valence-corrected chi connectivity index (χ0v) is 14.3. The summed E-state index contributed by atoms with van der Waals surface area (Å²) in [6.45, 7) is 2.02. The molecule has 0 spiro atoms. The molecule has 0 aliphatic heterocycles. The molecule has 0 aliphatic rings. The van der Waals surface area contributed by atoms with E-state index in [1.165, 1.54) is 5.56 Å². The molecule has 1 amide bonds. The highest BCUT2D eigenvalue weighted by Gasteiger charge is 2.19. The lowest BCUT2D eigenvalue weighted by Crippen LogP contribution is -2.31. The molecule has 0 aromatic carbocycles. The largest absolute Gasteiger partial charge is 0.361 e. The van der Waals surface area contributed by atoms with E-state index in [4.69, 9.17) is 4.52 Å². The minimum absolute atomic E-state index is 0.0170. The SMILES string of the molecule is Cc1cccnc1C(Cc1ccsc1)NC(=O)CCc1ccno1. The lowest BCUT2D eigenvalue weighted by Gasteiger charge is -2.19. The molecule has 3 heterocycles. The fraction of sp³-hybridized carbons (Fsp3) is 0.278. The fourth-order valence-electron chi connectivity index (χ4n) is 2.60. The van der Waals surface area contributed by atoms with Crippen LogP contribution in [0.1, 0.15) is 35.0 Å². The Morgan fingerprint density at radius 3 is 2.96 bits per heavy atom. The van der Waals surface area contributed by atoms with Gasteiger partial charge in [-0.1, -0.05) is 11.2 Å².